The van der Waals surface area contributed by atoms with Crippen LogP contribution in [0, 0.1) is 11.6 Å². The molecule has 0 aliphatic heterocycles. The van der Waals surface area contributed by atoms with Crippen LogP contribution in [0.2, 0.25) is 0 Å². The van der Waals surface area contributed by atoms with Gasteiger partial charge in [-0.15, -0.1) is 11.3 Å². The summed E-state index contributed by atoms with van der Waals surface area (Å²) in [6.45, 7) is 0. The zero-order chi connectivity index (χ0) is 11.5. The fourth-order valence-corrected chi connectivity index (χ4v) is 3.06. The Balaban J connectivity index is 2.17. The molecule has 0 aliphatic carbocycles. The number of hydrogen-bond acceptors (Lipinski definition) is 1. The van der Waals surface area contributed by atoms with Crippen molar-refractivity contribution in [2.45, 2.75) is 11.2 Å². The van der Waals surface area contributed by atoms with Crippen molar-refractivity contribution in [3.63, 3.8) is 0 Å². The second kappa shape index (κ2) is 5.06. The normalized spacial score (nSPS) is 12.7. The summed E-state index contributed by atoms with van der Waals surface area (Å²) in [5, 5.41) is 1.99. The van der Waals surface area contributed by atoms with E-state index >= 15 is 0 Å². The average Bonchev–Trinajstić information content (AvgIpc) is 2.68. The molecule has 1 aromatic heterocycles. The number of benzene rings is 1. The zero-order valence-corrected chi connectivity index (χ0v) is 10.7. The Bertz CT molecular complexity index is 448. The van der Waals surface area contributed by atoms with Gasteiger partial charge in [0.1, 0.15) is 11.6 Å². The van der Waals surface area contributed by atoms with Crippen LogP contribution in [0.3, 0.4) is 0 Å². The summed E-state index contributed by atoms with van der Waals surface area (Å²) in [6.07, 6.45) is 0.737. The molecule has 0 N–H and O–H groups in total. The van der Waals surface area contributed by atoms with Gasteiger partial charge >= 0.3 is 0 Å². The van der Waals surface area contributed by atoms with Gasteiger partial charge < -0.3 is 0 Å². The first-order valence-electron chi connectivity index (χ1n) is 4.77. The molecule has 0 radical (unpaired) electrons. The molecule has 0 saturated carbocycles. The molecule has 0 spiro atoms. The van der Waals surface area contributed by atoms with Gasteiger partial charge in [-0.1, -0.05) is 22.0 Å². The molecule has 0 saturated heterocycles. The van der Waals surface area contributed by atoms with E-state index in [2.05, 4.69) is 15.9 Å². The summed E-state index contributed by atoms with van der Waals surface area (Å²) >= 11 is 5.09. The van der Waals surface area contributed by atoms with Crippen LogP contribution in [0.4, 0.5) is 8.78 Å². The highest BCUT2D eigenvalue weighted by Gasteiger charge is 2.11. The van der Waals surface area contributed by atoms with Gasteiger partial charge in [0.15, 0.2) is 0 Å². The van der Waals surface area contributed by atoms with Crippen molar-refractivity contribution in [3.8, 4) is 0 Å². The molecule has 0 fully saturated rings. The van der Waals surface area contributed by atoms with Gasteiger partial charge in [0.05, 0.1) is 0 Å². The quantitative estimate of drug-likeness (QED) is 0.721. The molecule has 0 aliphatic rings. The van der Waals surface area contributed by atoms with Gasteiger partial charge in [-0.05, 0) is 35.6 Å². The number of rotatable bonds is 3. The third-order valence-electron chi connectivity index (χ3n) is 2.21. The maximum atomic E-state index is 13.0. The van der Waals surface area contributed by atoms with Crippen LogP contribution in [-0.4, -0.2) is 0 Å². The van der Waals surface area contributed by atoms with Crippen LogP contribution in [0.25, 0.3) is 0 Å². The van der Waals surface area contributed by atoms with Gasteiger partial charge in [-0.25, -0.2) is 8.78 Å². The van der Waals surface area contributed by atoms with E-state index in [1.807, 2.05) is 17.5 Å². The highest BCUT2D eigenvalue weighted by molar-refractivity contribution is 9.09. The fraction of sp³-hybridized carbons (Fsp3) is 0.167. The first kappa shape index (κ1) is 11.7. The van der Waals surface area contributed by atoms with Crippen molar-refractivity contribution in [1.29, 1.82) is 0 Å². The monoisotopic (exact) mass is 302 g/mol. The Hall–Kier alpha value is -0.740. The molecule has 2 rings (SSSR count). The number of halogens is 3. The van der Waals surface area contributed by atoms with Crippen LogP contribution < -0.4 is 0 Å². The zero-order valence-electron chi connectivity index (χ0n) is 8.29. The van der Waals surface area contributed by atoms with Gasteiger partial charge in [-0.3, -0.25) is 0 Å². The standard InChI is InChI=1S/C12H9BrF2S/c13-12(7-11-2-1-3-16-11)8-4-9(14)6-10(15)5-8/h1-6,12H,7H2. The van der Waals surface area contributed by atoms with Crippen molar-refractivity contribution in [2.75, 3.05) is 0 Å². The largest absolute Gasteiger partial charge is 0.207 e. The Labute approximate surface area is 105 Å². The summed E-state index contributed by atoms with van der Waals surface area (Å²) in [5.74, 6) is -1.07. The van der Waals surface area contributed by atoms with E-state index in [0.717, 1.165) is 12.5 Å². The summed E-state index contributed by atoms with van der Waals surface area (Å²) in [7, 11) is 0. The fourth-order valence-electron chi connectivity index (χ4n) is 1.48. The van der Waals surface area contributed by atoms with Crippen molar-refractivity contribution in [3.05, 3.63) is 57.8 Å². The summed E-state index contributed by atoms with van der Waals surface area (Å²) < 4.78 is 26.0. The van der Waals surface area contributed by atoms with Crippen LogP contribution in [0.15, 0.2) is 35.7 Å². The minimum absolute atomic E-state index is 0.0589. The SMILES string of the molecule is Fc1cc(F)cc(C(Br)Cc2cccs2)c1. The molecule has 0 nitrogen and oxygen atoms in total. The second-order valence-corrected chi connectivity index (χ2v) is 5.59. The molecule has 84 valence electrons. The molecule has 4 heteroatoms. The molecule has 1 heterocycles. The predicted octanol–water partition coefficient (Wildman–Crippen LogP) is 4.71. The molecule has 2 aromatic rings. The van der Waals surface area contributed by atoms with Crippen LogP contribution in [0.5, 0.6) is 0 Å². The van der Waals surface area contributed by atoms with E-state index in [1.165, 1.54) is 17.0 Å². The molecule has 16 heavy (non-hydrogen) atoms. The molecule has 0 bridgehead atoms. The predicted molar refractivity (Wildman–Crippen MR) is 66.0 cm³/mol. The number of hydrogen-bond donors (Lipinski definition) is 0. The van der Waals surface area contributed by atoms with E-state index in [4.69, 9.17) is 0 Å². The van der Waals surface area contributed by atoms with Gasteiger partial charge in [0.25, 0.3) is 0 Å². The summed E-state index contributed by atoms with van der Waals surface area (Å²) in [5.41, 5.74) is 0.630. The molecule has 0 amide bonds. The molecule has 1 aromatic carbocycles. The van der Waals surface area contributed by atoms with E-state index in [1.54, 1.807) is 11.3 Å². The minimum Gasteiger partial charge on any atom is -0.207 e. The average molecular weight is 303 g/mol. The minimum atomic E-state index is -0.536. The van der Waals surface area contributed by atoms with Crippen molar-refractivity contribution >= 4 is 27.3 Å². The molecular weight excluding hydrogens is 294 g/mol. The van der Waals surface area contributed by atoms with Crippen LogP contribution >= 0.6 is 27.3 Å². The lowest BCUT2D eigenvalue weighted by Crippen LogP contribution is -1.95. The molecule has 1 unspecified atom stereocenters. The van der Waals surface area contributed by atoms with Crippen molar-refractivity contribution < 1.29 is 8.78 Å². The lowest BCUT2D eigenvalue weighted by Gasteiger charge is -2.09. The summed E-state index contributed by atoms with van der Waals surface area (Å²) in [6, 6.07) is 7.57. The van der Waals surface area contributed by atoms with E-state index in [0.29, 0.717) is 5.56 Å². The highest BCUT2D eigenvalue weighted by Crippen LogP contribution is 2.29. The van der Waals surface area contributed by atoms with E-state index in [9.17, 15) is 8.78 Å². The first-order chi connectivity index (χ1) is 7.65. The third kappa shape index (κ3) is 2.89. The van der Waals surface area contributed by atoms with E-state index < -0.39 is 11.6 Å². The lowest BCUT2D eigenvalue weighted by molar-refractivity contribution is 0.579. The Morgan fingerprint density at radius 3 is 2.44 bits per heavy atom. The third-order valence-corrected chi connectivity index (χ3v) is 3.96. The van der Waals surface area contributed by atoms with Crippen molar-refractivity contribution in [1.82, 2.24) is 0 Å². The number of thiophene rings is 1. The highest BCUT2D eigenvalue weighted by atomic mass is 79.9. The topological polar surface area (TPSA) is 0 Å². The smallest absolute Gasteiger partial charge is 0.126 e. The second-order valence-electron chi connectivity index (χ2n) is 3.45. The Morgan fingerprint density at radius 2 is 1.88 bits per heavy atom. The summed E-state index contributed by atoms with van der Waals surface area (Å²) in [4.78, 5) is 1.13. The van der Waals surface area contributed by atoms with Gasteiger partial charge in [0.2, 0.25) is 0 Å². The maximum absolute atomic E-state index is 13.0. The van der Waals surface area contributed by atoms with Gasteiger partial charge in [-0.2, -0.15) is 0 Å². The Kier molecular flexibility index (Phi) is 3.71. The Morgan fingerprint density at radius 1 is 1.19 bits per heavy atom. The van der Waals surface area contributed by atoms with Crippen LogP contribution in [0.1, 0.15) is 15.3 Å². The van der Waals surface area contributed by atoms with E-state index in [-0.39, 0.29) is 4.83 Å². The van der Waals surface area contributed by atoms with Gasteiger partial charge in [0, 0.05) is 15.8 Å². The maximum Gasteiger partial charge on any atom is 0.126 e. The molecular formula is C12H9BrF2S. The first-order valence-corrected chi connectivity index (χ1v) is 6.57. The lowest BCUT2D eigenvalue weighted by atomic mass is 10.1. The van der Waals surface area contributed by atoms with Crippen molar-refractivity contribution in [2.24, 2.45) is 0 Å². The molecule has 1 atom stereocenters. The number of alkyl halides is 1. The van der Waals surface area contributed by atoms with Crippen LogP contribution in [-0.2, 0) is 6.42 Å².